The van der Waals surface area contributed by atoms with Crippen LogP contribution in [0.1, 0.15) is 29.9 Å². The van der Waals surface area contributed by atoms with Crippen molar-refractivity contribution in [3.05, 3.63) is 29.1 Å². The minimum atomic E-state index is -0.473. The van der Waals surface area contributed by atoms with Crippen LogP contribution in [-0.2, 0) is 14.3 Å². The van der Waals surface area contributed by atoms with Crippen molar-refractivity contribution in [2.45, 2.75) is 20.3 Å². The monoisotopic (exact) mass is 407 g/mol. The second kappa shape index (κ2) is 10.7. The lowest BCUT2D eigenvalue weighted by atomic mass is 10.1. The summed E-state index contributed by atoms with van der Waals surface area (Å²) in [5, 5.41) is 2.78. The normalized spacial score (nSPS) is 10.4. The quantitative estimate of drug-likeness (QED) is 0.474. The van der Waals surface area contributed by atoms with Gasteiger partial charge in [0.1, 0.15) is 4.88 Å². The van der Waals surface area contributed by atoms with E-state index in [2.05, 4.69) is 5.32 Å². The van der Waals surface area contributed by atoms with Crippen LogP contribution < -0.4 is 14.8 Å². The van der Waals surface area contributed by atoms with Gasteiger partial charge in [-0.25, -0.2) is 4.79 Å². The van der Waals surface area contributed by atoms with Gasteiger partial charge < -0.3 is 24.3 Å². The molecule has 1 N–H and O–H groups in total. The highest BCUT2D eigenvalue weighted by Crippen LogP contribution is 2.39. The topological polar surface area (TPSA) is 83.1 Å². The molecule has 152 valence electrons. The fourth-order valence-corrected chi connectivity index (χ4v) is 3.49. The predicted molar refractivity (Wildman–Crippen MR) is 109 cm³/mol. The molecule has 0 aliphatic rings. The van der Waals surface area contributed by atoms with Gasteiger partial charge in [0.15, 0.2) is 11.5 Å². The minimum absolute atomic E-state index is 0.206. The van der Waals surface area contributed by atoms with Gasteiger partial charge >= 0.3 is 5.97 Å². The van der Waals surface area contributed by atoms with Gasteiger partial charge in [-0.3, -0.25) is 4.79 Å². The first-order valence-corrected chi connectivity index (χ1v) is 9.76. The standard InChI is InChI=1S/C20H25NO6S/c1-5-26-10-9-18(22)21-14-12-17(28-19(14)20(23)27-6-2)13-7-8-15(24-3)16(11-13)25-4/h7-8,11-12H,5-6,9-10H2,1-4H3,(H,21,22). The summed E-state index contributed by atoms with van der Waals surface area (Å²) in [7, 11) is 3.13. The van der Waals surface area contributed by atoms with E-state index in [1.54, 1.807) is 33.3 Å². The molecule has 2 aromatic rings. The van der Waals surface area contributed by atoms with Gasteiger partial charge in [-0.15, -0.1) is 11.3 Å². The van der Waals surface area contributed by atoms with Gasteiger partial charge in [0.25, 0.3) is 0 Å². The molecule has 0 aliphatic heterocycles. The molecule has 0 saturated carbocycles. The Balaban J connectivity index is 2.33. The number of methoxy groups -OCH3 is 2. The largest absolute Gasteiger partial charge is 0.493 e. The molecule has 0 bridgehead atoms. The molecule has 28 heavy (non-hydrogen) atoms. The number of rotatable bonds is 10. The Kier molecular flexibility index (Phi) is 8.28. The van der Waals surface area contributed by atoms with Gasteiger partial charge in [0.05, 0.1) is 39.5 Å². The molecule has 0 fully saturated rings. The van der Waals surface area contributed by atoms with Gasteiger partial charge in [0, 0.05) is 11.5 Å². The number of hydrogen-bond acceptors (Lipinski definition) is 7. The van der Waals surface area contributed by atoms with Gasteiger partial charge in [-0.2, -0.15) is 0 Å². The Morgan fingerprint density at radius 1 is 1.04 bits per heavy atom. The molecule has 0 spiro atoms. The summed E-state index contributed by atoms with van der Waals surface area (Å²) in [6, 6.07) is 7.23. The Hall–Kier alpha value is -2.58. The first kappa shape index (κ1) is 21.7. The van der Waals surface area contributed by atoms with Crippen LogP contribution in [0.15, 0.2) is 24.3 Å². The molecule has 2 rings (SSSR count). The third-order valence-corrected chi connectivity index (χ3v) is 4.98. The highest BCUT2D eigenvalue weighted by Gasteiger charge is 2.20. The van der Waals surface area contributed by atoms with Gasteiger partial charge in [-0.1, -0.05) is 0 Å². The van der Waals surface area contributed by atoms with Crippen molar-refractivity contribution >= 4 is 28.9 Å². The molecule has 0 aliphatic carbocycles. The van der Waals surface area contributed by atoms with Crippen molar-refractivity contribution in [2.75, 3.05) is 39.4 Å². The number of hydrogen-bond donors (Lipinski definition) is 1. The summed E-state index contributed by atoms with van der Waals surface area (Å²) < 4.78 is 20.9. The maximum absolute atomic E-state index is 12.3. The lowest BCUT2D eigenvalue weighted by Crippen LogP contribution is -2.16. The zero-order valence-electron chi connectivity index (χ0n) is 16.5. The fourth-order valence-electron chi connectivity index (χ4n) is 2.49. The molecule has 7 nitrogen and oxygen atoms in total. The first-order valence-electron chi connectivity index (χ1n) is 8.94. The maximum atomic E-state index is 12.3. The summed E-state index contributed by atoms with van der Waals surface area (Å²) in [4.78, 5) is 25.7. The lowest BCUT2D eigenvalue weighted by molar-refractivity contribution is -0.117. The first-order chi connectivity index (χ1) is 13.5. The van der Waals surface area contributed by atoms with Crippen LogP contribution >= 0.6 is 11.3 Å². The molecule has 0 atom stereocenters. The summed E-state index contributed by atoms with van der Waals surface area (Å²) in [6.45, 7) is 4.72. The highest BCUT2D eigenvalue weighted by atomic mass is 32.1. The van der Waals surface area contributed by atoms with Crippen LogP contribution in [0, 0.1) is 0 Å². The number of thiophene rings is 1. The van der Waals surface area contributed by atoms with E-state index in [0.29, 0.717) is 35.3 Å². The Bertz CT molecular complexity index is 817. The number of anilines is 1. The van der Waals surface area contributed by atoms with Crippen molar-refractivity contribution in [1.29, 1.82) is 0 Å². The molecular weight excluding hydrogens is 382 g/mol. The van der Waals surface area contributed by atoms with E-state index >= 15 is 0 Å². The van der Waals surface area contributed by atoms with Crippen molar-refractivity contribution in [1.82, 2.24) is 0 Å². The summed E-state index contributed by atoms with van der Waals surface area (Å²) >= 11 is 1.25. The number of nitrogens with one attached hydrogen (secondary N) is 1. The summed E-state index contributed by atoms with van der Waals surface area (Å²) in [6.07, 6.45) is 0.206. The zero-order chi connectivity index (χ0) is 20.5. The summed E-state index contributed by atoms with van der Waals surface area (Å²) in [5.74, 6) is 0.487. The molecule has 1 amide bonds. The van der Waals surface area contributed by atoms with Crippen LogP contribution in [0.25, 0.3) is 10.4 Å². The van der Waals surface area contributed by atoms with Crippen molar-refractivity contribution < 1.29 is 28.5 Å². The van der Waals surface area contributed by atoms with Crippen LogP contribution in [0.2, 0.25) is 0 Å². The van der Waals surface area contributed by atoms with Gasteiger partial charge in [0.2, 0.25) is 5.91 Å². The molecule has 0 unspecified atom stereocenters. The number of benzene rings is 1. The van der Waals surface area contributed by atoms with E-state index < -0.39 is 5.97 Å². The maximum Gasteiger partial charge on any atom is 0.350 e. The molecule has 1 aromatic carbocycles. The van der Waals surface area contributed by atoms with Crippen LogP contribution in [0.3, 0.4) is 0 Å². The third-order valence-electron chi connectivity index (χ3n) is 3.81. The average Bonchev–Trinajstić information content (AvgIpc) is 3.11. The molecule has 1 aromatic heterocycles. The SMILES string of the molecule is CCOCCC(=O)Nc1cc(-c2ccc(OC)c(OC)c2)sc1C(=O)OCC. The third kappa shape index (κ3) is 5.46. The zero-order valence-corrected chi connectivity index (χ0v) is 17.3. The lowest BCUT2D eigenvalue weighted by Gasteiger charge is -2.08. The van der Waals surface area contributed by atoms with E-state index in [4.69, 9.17) is 18.9 Å². The second-order valence-electron chi connectivity index (χ2n) is 5.64. The van der Waals surface area contributed by atoms with Gasteiger partial charge in [-0.05, 0) is 43.7 Å². The highest BCUT2D eigenvalue weighted by molar-refractivity contribution is 7.18. The second-order valence-corrected chi connectivity index (χ2v) is 6.69. The number of esters is 1. The predicted octanol–water partition coefficient (Wildman–Crippen LogP) is 3.97. The number of ether oxygens (including phenoxy) is 4. The number of carbonyl (C=O) groups is 2. The van der Waals surface area contributed by atoms with Crippen molar-refractivity contribution in [2.24, 2.45) is 0 Å². The fraction of sp³-hybridized carbons (Fsp3) is 0.400. The summed E-state index contributed by atoms with van der Waals surface area (Å²) in [5.41, 5.74) is 1.26. The van der Waals surface area contributed by atoms with Crippen LogP contribution in [0.5, 0.6) is 11.5 Å². The number of amides is 1. The van der Waals surface area contributed by atoms with Crippen molar-refractivity contribution in [3.63, 3.8) is 0 Å². The minimum Gasteiger partial charge on any atom is -0.493 e. The molecular formula is C20H25NO6S. The van der Waals surface area contributed by atoms with E-state index in [-0.39, 0.29) is 18.9 Å². The number of carbonyl (C=O) groups excluding carboxylic acids is 2. The Morgan fingerprint density at radius 3 is 2.43 bits per heavy atom. The van der Waals surface area contributed by atoms with Crippen LogP contribution in [-0.4, -0.2) is 45.9 Å². The molecule has 0 radical (unpaired) electrons. The van der Waals surface area contributed by atoms with Crippen molar-refractivity contribution in [3.8, 4) is 21.9 Å². The van der Waals surface area contributed by atoms with E-state index in [9.17, 15) is 9.59 Å². The van der Waals surface area contributed by atoms with E-state index in [1.807, 2.05) is 19.1 Å². The molecule has 1 heterocycles. The molecule has 0 saturated heterocycles. The Labute approximate surface area is 168 Å². The Morgan fingerprint density at radius 2 is 1.79 bits per heavy atom. The molecule has 8 heteroatoms. The van der Waals surface area contributed by atoms with Crippen LogP contribution in [0.4, 0.5) is 5.69 Å². The van der Waals surface area contributed by atoms with E-state index in [0.717, 1.165) is 10.4 Å². The average molecular weight is 407 g/mol. The van der Waals surface area contributed by atoms with E-state index in [1.165, 1.54) is 11.3 Å². The smallest absolute Gasteiger partial charge is 0.350 e.